The Morgan fingerprint density at radius 1 is 0.588 bits per heavy atom. The molecule has 0 amide bonds. The normalized spacial score (nSPS) is 10.4. The average molecular weight is 483 g/mol. The molecule has 190 valence electrons. The maximum Gasteiger partial charge on any atom is 0.330 e. The molecule has 0 unspecified atom stereocenters. The van der Waals surface area contributed by atoms with Gasteiger partial charge >= 0.3 is 29.8 Å². The molecule has 0 radical (unpaired) electrons. The van der Waals surface area contributed by atoms with E-state index in [0.717, 1.165) is 24.6 Å². The molecular weight excluding hydrogens is 448 g/mol. The van der Waals surface area contributed by atoms with Crippen molar-refractivity contribution in [2.45, 2.75) is 45.4 Å². The van der Waals surface area contributed by atoms with Gasteiger partial charge in [-0.25, -0.2) is 14.4 Å². The van der Waals surface area contributed by atoms with Gasteiger partial charge in [-0.2, -0.15) is 0 Å². The summed E-state index contributed by atoms with van der Waals surface area (Å²) in [4.78, 5) is 58.2. The molecule has 0 rings (SSSR count). The van der Waals surface area contributed by atoms with Gasteiger partial charge in [0, 0.05) is 31.1 Å². The summed E-state index contributed by atoms with van der Waals surface area (Å²) in [5.41, 5.74) is -1.36. The van der Waals surface area contributed by atoms with Gasteiger partial charge in [0.25, 0.3) is 0 Å². The number of carbonyl (C=O) groups is 5. The highest BCUT2D eigenvalue weighted by atomic mass is 16.6. The highest BCUT2D eigenvalue weighted by Crippen LogP contribution is 2.22. The van der Waals surface area contributed by atoms with Gasteiger partial charge < -0.3 is 23.7 Å². The zero-order chi connectivity index (χ0) is 25.8. The van der Waals surface area contributed by atoms with Gasteiger partial charge in [0.2, 0.25) is 0 Å². The summed E-state index contributed by atoms with van der Waals surface area (Å²) in [6.07, 6.45) is 5.91. The Bertz CT molecular complexity index is 665. The smallest absolute Gasteiger partial charge is 0.330 e. The first-order valence-corrected chi connectivity index (χ1v) is 10.9. The predicted octanol–water partition coefficient (Wildman–Crippen LogP) is 2.61. The van der Waals surface area contributed by atoms with Gasteiger partial charge in [0.15, 0.2) is 0 Å². The first kappa shape index (κ1) is 30.6. The molecule has 10 nitrogen and oxygen atoms in total. The minimum absolute atomic E-state index is 0.112. The Morgan fingerprint density at radius 2 is 0.941 bits per heavy atom. The van der Waals surface area contributed by atoms with Crippen LogP contribution in [-0.2, 0) is 47.7 Å². The monoisotopic (exact) mass is 482 g/mol. The van der Waals surface area contributed by atoms with Crippen molar-refractivity contribution in [1.82, 2.24) is 0 Å². The Hall–Kier alpha value is -3.43. The highest BCUT2D eigenvalue weighted by Gasteiger charge is 2.37. The standard InChI is InChI=1S/C24H34O10/c1-5-19(25)31-15-24(16-32-20(26)6-2,17-33-21(27)7-3)18-34-23(29)14-12-10-9-11-13-22(28)30-8-4/h5-7H,1-3,8-18H2,4H3. The van der Waals surface area contributed by atoms with E-state index < -0.39 is 29.3 Å². The van der Waals surface area contributed by atoms with E-state index in [4.69, 9.17) is 23.7 Å². The molecule has 0 aliphatic rings. The minimum atomic E-state index is -1.36. The topological polar surface area (TPSA) is 132 Å². The summed E-state index contributed by atoms with van der Waals surface area (Å²) in [6.45, 7) is 10.5. The molecule has 0 aliphatic heterocycles. The summed E-state index contributed by atoms with van der Waals surface area (Å²) in [7, 11) is 0. The van der Waals surface area contributed by atoms with Crippen LogP contribution in [0.25, 0.3) is 0 Å². The largest absolute Gasteiger partial charge is 0.466 e. The number of ether oxygens (including phenoxy) is 5. The highest BCUT2D eigenvalue weighted by molar-refractivity contribution is 5.82. The van der Waals surface area contributed by atoms with Crippen molar-refractivity contribution < 1.29 is 47.7 Å². The number of rotatable bonds is 19. The number of unbranched alkanes of at least 4 members (excludes halogenated alkanes) is 3. The van der Waals surface area contributed by atoms with Crippen LogP contribution in [0.15, 0.2) is 38.0 Å². The van der Waals surface area contributed by atoms with E-state index >= 15 is 0 Å². The van der Waals surface area contributed by atoms with Crippen LogP contribution >= 0.6 is 0 Å². The van der Waals surface area contributed by atoms with Crippen molar-refractivity contribution in [2.75, 3.05) is 33.0 Å². The van der Waals surface area contributed by atoms with Crippen LogP contribution in [0.5, 0.6) is 0 Å². The summed E-state index contributed by atoms with van der Waals surface area (Å²) < 4.78 is 25.4. The van der Waals surface area contributed by atoms with E-state index in [2.05, 4.69) is 19.7 Å². The van der Waals surface area contributed by atoms with Crippen molar-refractivity contribution in [3.63, 3.8) is 0 Å². The summed E-state index contributed by atoms with van der Waals surface area (Å²) in [6, 6.07) is 0. The number of carbonyl (C=O) groups excluding carboxylic acids is 5. The average Bonchev–Trinajstić information content (AvgIpc) is 2.84. The lowest BCUT2D eigenvalue weighted by Gasteiger charge is -2.31. The van der Waals surface area contributed by atoms with Crippen molar-refractivity contribution in [2.24, 2.45) is 5.41 Å². The molecule has 0 spiro atoms. The van der Waals surface area contributed by atoms with Crippen LogP contribution in [0.4, 0.5) is 0 Å². The van der Waals surface area contributed by atoms with Crippen LogP contribution in [0.1, 0.15) is 45.4 Å². The third kappa shape index (κ3) is 14.6. The molecule has 34 heavy (non-hydrogen) atoms. The van der Waals surface area contributed by atoms with Gasteiger partial charge in [-0.05, 0) is 19.8 Å². The summed E-state index contributed by atoms with van der Waals surface area (Å²) in [5.74, 6) is -3.06. The van der Waals surface area contributed by atoms with E-state index in [1.165, 1.54) is 0 Å². The third-order valence-corrected chi connectivity index (χ3v) is 4.42. The zero-order valence-corrected chi connectivity index (χ0v) is 19.7. The van der Waals surface area contributed by atoms with Gasteiger partial charge in [0.05, 0.1) is 6.61 Å². The molecule has 0 saturated carbocycles. The number of hydrogen-bond donors (Lipinski definition) is 0. The fourth-order valence-corrected chi connectivity index (χ4v) is 2.53. The SMILES string of the molecule is C=CC(=O)OCC(COC(=O)C=C)(COC(=O)C=C)COC(=O)CCCCCCC(=O)OCC. The fraction of sp³-hybridized carbons (Fsp3) is 0.542. The van der Waals surface area contributed by atoms with E-state index in [0.29, 0.717) is 32.3 Å². The molecule has 0 aromatic carbocycles. The van der Waals surface area contributed by atoms with Crippen LogP contribution in [0, 0.1) is 5.41 Å². The minimum Gasteiger partial charge on any atom is -0.466 e. The fourth-order valence-electron chi connectivity index (χ4n) is 2.53. The van der Waals surface area contributed by atoms with Crippen LogP contribution in [0.3, 0.4) is 0 Å². The first-order valence-electron chi connectivity index (χ1n) is 10.9. The number of hydrogen-bond acceptors (Lipinski definition) is 10. The third-order valence-electron chi connectivity index (χ3n) is 4.42. The van der Waals surface area contributed by atoms with Gasteiger partial charge in [-0.15, -0.1) is 0 Å². The molecule has 0 N–H and O–H groups in total. The first-order chi connectivity index (χ1) is 16.2. The van der Waals surface area contributed by atoms with E-state index in [9.17, 15) is 24.0 Å². The lowest BCUT2D eigenvalue weighted by molar-refractivity contribution is -0.166. The molecule has 0 heterocycles. The summed E-state index contributed by atoms with van der Waals surface area (Å²) >= 11 is 0. The maximum absolute atomic E-state index is 12.2. The van der Waals surface area contributed by atoms with Gasteiger partial charge in [0.1, 0.15) is 31.8 Å². The Labute approximate surface area is 199 Å². The summed E-state index contributed by atoms with van der Waals surface area (Å²) in [5, 5.41) is 0. The second kappa shape index (κ2) is 18.0. The second-order valence-corrected chi connectivity index (χ2v) is 7.32. The molecule has 0 aromatic rings. The van der Waals surface area contributed by atoms with Crippen molar-refractivity contribution >= 4 is 29.8 Å². The van der Waals surface area contributed by atoms with E-state index in [1.54, 1.807) is 6.92 Å². The molecule has 0 aromatic heterocycles. The molecule has 10 heteroatoms. The molecule has 0 saturated heterocycles. The van der Waals surface area contributed by atoms with E-state index in [-0.39, 0.29) is 38.8 Å². The van der Waals surface area contributed by atoms with Crippen LogP contribution < -0.4 is 0 Å². The van der Waals surface area contributed by atoms with Crippen molar-refractivity contribution in [1.29, 1.82) is 0 Å². The molecule has 0 aliphatic carbocycles. The van der Waals surface area contributed by atoms with Gasteiger partial charge in [-0.3, -0.25) is 9.59 Å². The van der Waals surface area contributed by atoms with E-state index in [1.807, 2.05) is 0 Å². The lowest BCUT2D eigenvalue weighted by Crippen LogP contribution is -2.43. The zero-order valence-electron chi connectivity index (χ0n) is 19.7. The molecular formula is C24H34O10. The van der Waals surface area contributed by atoms with Crippen LogP contribution in [0.2, 0.25) is 0 Å². The van der Waals surface area contributed by atoms with Gasteiger partial charge in [-0.1, -0.05) is 32.6 Å². The number of esters is 5. The molecule has 0 atom stereocenters. The molecule has 0 fully saturated rings. The molecule has 0 bridgehead atoms. The second-order valence-electron chi connectivity index (χ2n) is 7.32. The lowest BCUT2D eigenvalue weighted by atomic mass is 9.92. The maximum atomic E-state index is 12.2. The van der Waals surface area contributed by atoms with Crippen molar-refractivity contribution in [3.05, 3.63) is 38.0 Å². The van der Waals surface area contributed by atoms with Crippen LogP contribution in [-0.4, -0.2) is 62.9 Å². The quantitative estimate of drug-likeness (QED) is 0.117. The van der Waals surface area contributed by atoms with Crippen molar-refractivity contribution in [3.8, 4) is 0 Å². The Balaban J connectivity index is 4.93. The Morgan fingerprint density at radius 3 is 1.29 bits per heavy atom. The predicted molar refractivity (Wildman–Crippen MR) is 121 cm³/mol. The Kier molecular flexibility index (Phi) is 16.2.